The summed E-state index contributed by atoms with van der Waals surface area (Å²) < 4.78 is 5.82. The number of piperidine rings is 1. The highest BCUT2D eigenvalue weighted by molar-refractivity contribution is 6.32. The molecule has 0 saturated carbocycles. The molecular weight excluding hydrogens is 350 g/mol. The van der Waals surface area contributed by atoms with Crippen LogP contribution in [-0.4, -0.2) is 41.4 Å². The molecule has 0 bridgehead atoms. The molecule has 1 aliphatic rings. The first-order chi connectivity index (χ1) is 12.6. The molecule has 1 fully saturated rings. The maximum Gasteiger partial charge on any atom is 0.134 e. The predicted molar refractivity (Wildman–Crippen MR) is 104 cm³/mol. The Hall–Kier alpha value is -1.75. The first-order valence-electron chi connectivity index (χ1n) is 9.09. The molecule has 2 aromatic rings. The van der Waals surface area contributed by atoms with Crippen molar-refractivity contribution in [2.45, 2.75) is 25.8 Å². The van der Waals surface area contributed by atoms with E-state index in [-0.39, 0.29) is 17.8 Å². The van der Waals surface area contributed by atoms with E-state index in [1.54, 1.807) is 6.07 Å². The van der Waals surface area contributed by atoms with Crippen LogP contribution in [0.15, 0.2) is 48.5 Å². The summed E-state index contributed by atoms with van der Waals surface area (Å²) >= 11 is 5.99. The summed E-state index contributed by atoms with van der Waals surface area (Å²) in [4.78, 5) is 2.37. The number of rotatable bonds is 7. The average molecular weight is 376 g/mol. The summed E-state index contributed by atoms with van der Waals surface area (Å²) in [7, 11) is 0. The number of para-hydroxylation sites is 1. The number of hydrogen-bond acceptors (Lipinski definition) is 4. The van der Waals surface area contributed by atoms with Gasteiger partial charge in [0.25, 0.3) is 0 Å². The lowest BCUT2D eigenvalue weighted by Crippen LogP contribution is -2.42. The predicted octanol–water partition coefficient (Wildman–Crippen LogP) is 4.09. The van der Waals surface area contributed by atoms with Crippen molar-refractivity contribution in [1.29, 1.82) is 0 Å². The standard InChI is InChI=1S/C21H26ClNO3/c22-19-14-17(6-7-20(19)25)15-23-11-8-21(16-24,9-12-23)10-13-26-18-4-2-1-3-5-18/h1-7,14,24-25H,8-13,15-16H2. The third kappa shape index (κ3) is 4.91. The Labute approximate surface area is 160 Å². The second-order valence-corrected chi connectivity index (χ2v) is 7.54. The smallest absolute Gasteiger partial charge is 0.134 e. The molecule has 1 saturated heterocycles. The maximum atomic E-state index is 9.96. The van der Waals surface area contributed by atoms with E-state index in [4.69, 9.17) is 16.3 Å². The lowest BCUT2D eigenvalue weighted by atomic mass is 9.76. The molecule has 1 heterocycles. The molecule has 5 heteroatoms. The normalized spacial score (nSPS) is 17.2. The second-order valence-electron chi connectivity index (χ2n) is 7.13. The molecule has 26 heavy (non-hydrogen) atoms. The minimum atomic E-state index is -0.0577. The largest absolute Gasteiger partial charge is 0.506 e. The lowest BCUT2D eigenvalue weighted by Gasteiger charge is -2.40. The Morgan fingerprint density at radius 2 is 1.81 bits per heavy atom. The van der Waals surface area contributed by atoms with Gasteiger partial charge in [0.2, 0.25) is 0 Å². The van der Waals surface area contributed by atoms with Gasteiger partial charge in [0, 0.05) is 13.2 Å². The van der Waals surface area contributed by atoms with Crippen LogP contribution in [0.25, 0.3) is 0 Å². The fourth-order valence-corrected chi connectivity index (χ4v) is 3.68. The molecule has 1 aliphatic heterocycles. The van der Waals surface area contributed by atoms with Crippen LogP contribution in [0.5, 0.6) is 11.5 Å². The van der Waals surface area contributed by atoms with Crippen LogP contribution in [-0.2, 0) is 6.54 Å². The number of phenols is 1. The number of ether oxygens (including phenoxy) is 1. The van der Waals surface area contributed by atoms with E-state index in [0.29, 0.717) is 11.6 Å². The van der Waals surface area contributed by atoms with Crippen LogP contribution < -0.4 is 4.74 Å². The molecule has 4 nitrogen and oxygen atoms in total. The van der Waals surface area contributed by atoms with Crippen molar-refractivity contribution in [2.24, 2.45) is 5.41 Å². The van der Waals surface area contributed by atoms with Gasteiger partial charge in [-0.1, -0.05) is 35.9 Å². The molecule has 0 aliphatic carbocycles. The second kappa shape index (κ2) is 8.76. The summed E-state index contributed by atoms with van der Waals surface area (Å²) in [6, 6.07) is 15.2. The first kappa shape index (κ1) is 19.0. The molecular formula is C21H26ClNO3. The number of benzene rings is 2. The highest BCUT2D eigenvalue weighted by atomic mass is 35.5. The zero-order valence-corrected chi connectivity index (χ0v) is 15.7. The van der Waals surface area contributed by atoms with Crippen molar-refractivity contribution in [2.75, 3.05) is 26.3 Å². The van der Waals surface area contributed by atoms with Crippen LogP contribution in [0.1, 0.15) is 24.8 Å². The Bertz CT molecular complexity index is 700. The Morgan fingerprint density at radius 3 is 2.46 bits per heavy atom. The lowest BCUT2D eigenvalue weighted by molar-refractivity contribution is 0.0243. The zero-order valence-electron chi connectivity index (χ0n) is 14.9. The minimum absolute atomic E-state index is 0.0577. The van der Waals surface area contributed by atoms with E-state index in [2.05, 4.69) is 4.90 Å². The van der Waals surface area contributed by atoms with Gasteiger partial charge in [0.1, 0.15) is 11.5 Å². The van der Waals surface area contributed by atoms with E-state index in [9.17, 15) is 10.2 Å². The molecule has 0 unspecified atom stereocenters. The molecule has 2 N–H and O–H groups in total. The Balaban J connectivity index is 1.49. The number of hydrogen-bond donors (Lipinski definition) is 2. The highest BCUT2D eigenvalue weighted by Crippen LogP contribution is 2.35. The summed E-state index contributed by atoms with van der Waals surface area (Å²) in [5, 5.41) is 19.9. The van der Waals surface area contributed by atoms with E-state index in [1.807, 2.05) is 42.5 Å². The van der Waals surface area contributed by atoms with Crippen molar-refractivity contribution in [3.8, 4) is 11.5 Å². The SMILES string of the molecule is OCC1(CCOc2ccccc2)CCN(Cc2ccc(O)c(Cl)c2)CC1. The minimum Gasteiger partial charge on any atom is -0.506 e. The summed E-state index contributed by atoms with van der Waals surface area (Å²) in [5.41, 5.74) is 1.04. The monoisotopic (exact) mass is 375 g/mol. The van der Waals surface area contributed by atoms with Crippen LogP contribution in [0, 0.1) is 5.41 Å². The summed E-state index contributed by atoms with van der Waals surface area (Å²) in [6.07, 6.45) is 2.76. The number of aliphatic hydroxyl groups excluding tert-OH is 1. The first-order valence-corrected chi connectivity index (χ1v) is 9.46. The van der Waals surface area contributed by atoms with E-state index in [1.165, 1.54) is 0 Å². The van der Waals surface area contributed by atoms with E-state index in [0.717, 1.165) is 50.2 Å². The fourth-order valence-electron chi connectivity index (χ4n) is 3.48. The number of aromatic hydroxyl groups is 1. The van der Waals surface area contributed by atoms with Gasteiger partial charge in [-0.2, -0.15) is 0 Å². The molecule has 0 amide bonds. The molecule has 0 aromatic heterocycles. The number of likely N-dealkylation sites (tertiary alicyclic amines) is 1. The quantitative estimate of drug-likeness (QED) is 0.765. The van der Waals surface area contributed by atoms with Crippen molar-refractivity contribution in [1.82, 2.24) is 4.90 Å². The summed E-state index contributed by atoms with van der Waals surface area (Å²) in [6.45, 7) is 3.50. The molecule has 3 rings (SSSR count). The van der Waals surface area contributed by atoms with Crippen molar-refractivity contribution in [3.05, 3.63) is 59.1 Å². The topological polar surface area (TPSA) is 52.9 Å². The average Bonchev–Trinajstić information content (AvgIpc) is 2.67. The number of nitrogens with zero attached hydrogens (tertiary/aromatic N) is 1. The number of halogens is 1. The maximum absolute atomic E-state index is 9.96. The molecule has 0 radical (unpaired) electrons. The summed E-state index contributed by atoms with van der Waals surface area (Å²) in [5.74, 6) is 0.994. The van der Waals surface area contributed by atoms with Crippen LogP contribution in [0.3, 0.4) is 0 Å². The van der Waals surface area contributed by atoms with Crippen molar-refractivity contribution < 1.29 is 14.9 Å². The molecule has 140 valence electrons. The van der Waals surface area contributed by atoms with E-state index >= 15 is 0 Å². The molecule has 2 aromatic carbocycles. The van der Waals surface area contributed by atoms with Gasteiger partial charge in [-0.05, 0) is 67.6 Å². The third-order valence-corrected chi connectivity index (χ3v) is 5.62. The Kier molecular flexibility index (Phi) is 6.41. The van der Waals surface area contributed by atoms with Crippen LogP contribution >= 0.6 is 11.6 Å². The number of aliphatic hydroxyl groups is 1. The molecule has 0 atom stereocenters. The van der Waals surface area contributed by atoms with Gasteiger partial charge in [-0.15, -0.1) is 0 Å². The van der Waals surface area contributed by atoms with Crippen LogP contribution in [0.4, 0.5) is 0 Å². The van der Waals surface area contributed by atoms with Crippen LogP contribution in [0.2, 0.25) is 5.02 Å². The Morgan fingerprint density at radius 1 is 1.08 bits per heavy atom. The fraction of sp³-hybridized carbons (Fsp3) is 0.429. The highest BCUT2D eigenvalue weighted by Gasteiger charge is 2.33. The van der Waals surface area contributed by atoms with Gasteiger partial charge in [0.15, 0.2) is 0 Å². The third-order valence-electron chi connectivity index (χ3n) is 5.31. The zero-order chi connectivity index (χ0) is 18.4. The van der Waals surface area contributed by atoms with Gasteiger partial charge in [-0.25, -0.2) is 0 Å². The van der Waals surface area contributed by atoms with Gasteiger partial charge < -0.3 is 14.9 Å². The van der Waals surface area contributed by atoms with Gasteiger partial charge in [0.05, 0.1) is 11.6 Å². The number of phenolic OH excluding ortho intramolecular Hbond substituents is 1. The van der Waals surface area contributed by atoms with Gasteiger partial charge in [-0.3, -0.25) is 4.90 Å². The van der Waals surface area contributed by atoms with Crippen molar-refractivity contribution >= 4 is 11.6 Å². The van der Waals surface area contributed by atoms with Crippen molar-refractivity contribution in [3.63, 3.8) is 0 Å². The van der Waals surface area contributed by atoms with Gasteiger partial charge >= 0.3 is 0 Å². The van der Waals surface area contributed by atoms with E-state index < -0.39 is 0 Å². The molecule has 0 spiro atoms.